The van der Waals surface area contributed by atoms with Crippen LogP contribution in [-0.2, 0) is 11.2 Å². The van der Waals surface area contributed by atoms with E-state index in [0.717, 1.165) is 30.5 Å². The molecular formula is C13H16ClNO2. The normalized spacial score (nSPS) is 14.2. The first-order valence-corrected chi connectivity index (χ1v) is 6.30. The van der Waals surface area contributed by atoms with Crippen LogP contribution in [0.25, 0.3) is 0 Å². The Morgan fingerprint density at radius 1 is 1.29 bits per heavy atom. The van der Waals surface area contributed by atoms with Crippen molar-refractivity contribution in [1.29, 1.82) is 0 Å². The zero-order valence-corrected chi connectivity index (χ0v) is 10.4. The van der Waals surface area contributed by atoms with Crippen molar-refractivity contribution in [3.8, 4) is 0 Å². The number of nitrogens with zero attached hydrogens (tertiary/aromatic N) is 1. The number of carbonyl (C=O) groups excluding carboxylic acids is 1. The first kappa shape index (κ1) is 12.4. The van der Waals surface area contributed by atoms with Gasteiger partial charge < -0.3 is 10.0 Å². The van der Waals surface area contributed by atoms with Gasteiger partial charge in [0, 0.05) is 23.9 Å². The van der Waals surface area contributed by atoms with E-state index in [2.05, 4.69) is 0 Å². The van der Waals surface area contributed by atoms with Gasteiger partial charge in [0.2, 0.25) is 5.91 Å². The molecule has 92 valence electrons. The maximum atomic E-state index is 11.8. The minimum Gasteiger partial charge on any atom is -0.396 e. The van der Waals surface area contributed by atoms with E-state index in [0.29, 0.717) is 18.0 Å². The molecule has 1 heterocycles. The third-order valence-electron chi connectivity index (χ3n) is 3.02. The maximum absolute atomic E-state index is 11.8. The SMILES string of the molecule is O=C1Cc2ccc(Cl)cc2N1CCCCCO. The number of aliphatic hydroxyl groups excluding tert-OH is 1. The van der Waals surface area contributed by atoms with Gasteiger partial charge in [-0.25, -0.2) is 0 Å². The van der Waals surface area contributed by atoms with Crippen LogP contribution in [0.5, 0.6) is 0 Å². The molecule has 0 aromatic heterocycles. The largest absolute Gasteiger partial charge is 0.396 e. The number of rotatable bonds is 5. The van der Waals surface area contributed by atoms with Gasteiger partial charge in [-0.15, -0.1) is 0 Å². The summed E-state index contributed by atoms with van der Waals surface area (Å²) in [6, 6.07) is 5.60. The van der Waals surface area contributed by atoms with E-state index in [1.54, 1.807) is 4.90 Å². The number of hydrogen-bond acceptors (Lipinski definition) is 2. The molecule has 1 N–H and O–H groups in total. The predicted octanol–water partition coefficient (Wildman–Crippen LogP) is 2.39. The number of carbonyl (C=O) groups is 1. The number of amides is 1. The third kappa shape index (κ3) is 2.79. The van der Waals surface area contributed by atoms with Gasteiger partial charge >= 0.3 is 0 Å². The fourth-order valence-corrected chi connectivity index (χ4v) is 2.30. The molecule has 0 spiro atoms. The highest BCUT2D eigenvalue weighted by atomic mass is 35.5. The molecule has 3 nitrogen and oxygen atoms in total. The Hall–Kier alpha value is -1.06. The summed E-state index contributed by atoms with van der Waals surface area (Å²) < 4.78 is 0. The second-order valence-corrected chi connectivity index (χ2v) is 4.72. The second-order valence-electron chi connectivity index (χ2n) is 4.28. The zero-order chi connectivity index (χ0) is 12.3. The van der Waals surface area contributed by atoms with E-state index in [4.69, 9.17) is 16.7 Å². The summed E-state index contributed by atoms with van der Waals surface area (Å²) in [7, 11) is 0. The van der Waals surface area contributed by atoms with Gasteiger partial charge in [0.15, 0.2) is 0 Å². The van der Waals surface area contributed by atoms with Crippen molar-refractivity contribution >= 4 is 23.2 Å². The number of hydrogen-bond donors (Lipinski definition) is 1. The number of fused-ring (bicyclic) bond motifs is 1. The molecule has 1 aromatic carbocycles. The van der Waals surface area contributed by atoms with Gasteiger partial charge in [-0.05, 0) is 37.0 Å². The van der Waals surface area contributed by atoms with Gasteiger partial charge in [0.05, 0.1) is 6.42 Å². The molecule has 1 aliphatic heterocycles. The first-order valence-electron chi connectivity index (χ1n) is 5.92. The molecule has 0 radical (unpaired) electrons. The number of aliphatic hydroxyl groups is 1. The molecule has 1 aliphatic rings. The fourth-order valence-electron chi connectivity index (χ4n) is 2.13. The average Bonchev–Trinajstić information content (AvgIpc) is 2.61. The standard InChI is InChI=1S/C13H16ClNO2/c14-11-5-4-10-8-13(17)15(12(10)9-11)6-2-1-3-7-16/h4-5,9,16H,1-3,6-8H2. The number of anilines is 1. The topological polar surface area (TPSA) is 40.5 Å². The second kappa shape index (κ2) is 5.52. The number of halogens is 1. The lowest BCUT2D eigenvalue weighted by Crippen LogP contribution is -2.27. The zero-order valence-electron chi connectivity index (χ0n) is 9.66. The summed E-state index contributed by atoms with van der Waals surface area (Å²) >= 11 is 5.95. The smallest absolute Gasteiger partial charge is 0.231 e. The molecule has 0 fully saturated rings. The van der Waals surface area contributed by atoms with Crippen molar-refractivity contribution in [3.63, 3.8) is 0 Å². The molecule has 0 saturated heterocycles. The molecule has 0 bridgehead atoms. The molecular weight excluding hydrogens is 238 g/mol. The van der Waals surface area contributed by atoms with E-state index in [1.165, 1.54) is 0 Å². The lowest BCUT2D eigenvalue weighted by atomic mass is 10.2. The lowest BCUT2D eigenvalue weighted by Gasteiger charge is -2.17. The Kier molecular flexibility index (Phi) is 4.02. The molecule has 17 heavy (non-hydrogen) atoms. The van der Waals surface area contributed by atoms with Crippen molar-refractivity contribution in [2.45, 2.75) is 25.7 Å². The highest BCUT2D eigenvalue weighted by Gasteiger charge is 2.26. The molecule has 0 saturated carbocycles. The van der Waals surface area contributed by atoms with E-state index in [1.807, 2.05) is 18.2 Å². The maximum Gasteiger partial charge on any atom is 0.231 e. The predicted molar refractivity (Wildman–Crippen MR) is 68.4 cm³/mol. The van der Waals surface area contributed by atoms with E-state index >= 15 is 0 Å². The van der Waals surface area contributed by atoms with Crippen LogP contribution in [0.2, 0.25) is 5.02 Å². The van der Waals surface area contributed by atoms with Crippen LogP contribution < -0.4 is 4.90 Å². The minimum absolute atomic E-state index is 0.145. The van der Waals surface area contributed by atoms with Crippen LogP contribution in [-0.4, -0.2) is 24.2 Å². The molecule has 0 unspecified atom stereocenters. The number of benzene rings is 1. The first-order chi connectivity index (χ1) is 8.22. The Morgan fingerprint density at radius 2 is 2.12 bits per heavy atom. The van der Waals surface area contributed by atoms with E-state index in [-0.39, 0.29) is 12.5 Å². The molecule has 0 atom stereocenters. The minimum atomic E-state index is 0.145. The van der Waals surface area contributed by atoms with Gasteiger partial charge in [0.1, 0.15) is 0 Å². The quantitative estimate of drug-likeness (QED) is 0.819. The fraction of sp³-hybridized carbons (Fsp3) is 0.462. The van der Waals surface area contributed by atoms with Crippen LogP contribution in [0, 0.1) is 0 Å². The Balaban J connectivity index is 2.03. The summed E-state index contributed by atoms with van der Waals surface area (Å²) in [6.07, 6.45) is 3.13. The molecule has 1 aromatic rings. The molecule has 2 rings (SSSR count). The average molecular weight is 254 g/mol. The summed E-state index contributed by atoms with van der Waals surface area (Å²) in [4.78, 5) is 13.6. The molecule has 4 heteroatoms. The molecule has 0 aliphatic carbocycles. The van der Waals surface area contributed by atoms with Crippen molar-refractivity contribution in [3.05, 3.63) is 28.8 Å². The highest BCUT2D eigenvalue weighted by Crippen LogP contribution is 2.31. The van der Waals surface area contributed by atoms with Crippen LogP contribution in [0.3, 0.4) is 0 Å². The summed E-state index contributed by atoms with van der Waals surface area (Å²) in [6.45, 7) is 0.933. The van der Waals surface area contributed by atoms with Crippen molar-refractivity contribution in [1.82, 2.24) is 0 Å². The van der Waals surface area contributed by atoms with Crippen LogP contribution in [0.4, 0.5) is 5.69 Å². The van der Waals surface area contributed by atoms with Gasteiger partial charge in [-0.3, -0.25) is 4.79 Å². The van der Waals surface area contributed by atoms with E-state index < -0.39 is 0 Å². The Bertz CT molecular complexity index is 420. The van der Waals surface area contributed by atoms with Crippen molar-refractivity contribution in [2.75, 3.05) is 18.1 Å². The van der Waals surface area contributed by atoms with Crippen LogP contribution in [0.1, 0.15) is 24.8 Å². The van der Waals surface area contributed by atoms with Crippen LogP contribution in [0.15, 0.2) is 18.2 Å². The Morgan fingerprint density at radius 3 is 2.88 bits per heavy atom. The van der Waals surface area contributed by atoms with Gasteiger partial charge in [0.25, 0.3) is 0 Å². The monoisotopic (exact) mass is 253 g/mol. The summed E-state index contributed by atoms with van der Waals surface area (Å²) in [5.74, 6) is 0.145. The van der Waals surface area contributed by atoms with Crippen molar-refractivity contribution in [2.24, 2.45) is 0 Å². The Labute approximate surface area is 106 Å². The summed E-state index contributed by atoms with van der Waals surface area (Å²) in [5, 5.41) is 9.37. The molecule has 1 amide bonds. The summed E-state index contributed by atoms with van der Waals surface area (Å²) in [5.41, 5.74) is 2.01. The number of unbranched alkanes of at least 4 members (excludes halogenated alkanes) is 2. The van der Waals surface area contributed by atoms with Gasteiger partial charge in [-0.1, -0.05) is 17.7 Å². The third-order valence-corrected chi connectivity index (χ3v) is 3.26. The van der Waals surface area contributed by atoms with Crippen molar-refractivity contribution < 1.29 is 9.90 Å². The highest BCUT2D eigenvalue weighted by molar-refractivity contribution is 6.31. The lowest BCUT2D eigenvalue weighted by molar-refractivity contribution is -0.117. The van der Waals surface area contributed by atoms with E-state index in [9.17, 15) is 4.79 Å². The van der Waals surface area contributed by atoms with Crippen LogP contribution >= 0.6 is 11.6 Å². The van der Waals surface area contributed by atoms with Gasteiger partial charge in [-0.2, -0.15) is 0 Å².